The summed E-state index contributed by atoms with van der Waals surface area (Å²) in [6, 6.07) is 0. The van der Waals surface area contributed by atoms with Crippen LogP contribution in [-0.2, 0) is 19.1 Å². The summed E-state index contributed by atoms with van der Waals surface area (Å²) < 4.78 is 11.4. The van der Waals surface area contributed by atoms with Crippen LogP contribution in [0.25, 0.3) is 0 Å². The molecule has 0 amide bonds. The Morgan fingerprint density at radius 3 is 1.27 bits per heavy atom. The number of carbonyl (C=O) groups is 2. The van der Waals surface area contributed by atoms with Crippen molar-refractivity contribution in [1.82, 2.24) is 0 Å². The van der Waals surface area contributed by atoms with Gasteiger partial charge in [-0.3, -0.25) is 9.59 Å². The van der Waals surface area contributed by atoms with Crippen molar-refractivity contribution < 1.29 is 19.1 Å². The highest BCUT2D eigenvalue weighted by Crippen LogP contribution is 2.25. The smallest absolute Gasteiger partial charge is 0.306 e. The standard InChI is InChI=1S/C22H42O4/c1-7-11-17-21(5,9-3)25-19(23)15-13-14-16-20(24)26-22(6,10-4)18-12-8-2/h7-18H2,1-6H3. The van der Waals surface area contributed by atoms with E-state index in [1.807, 2.05) is 13.8 Å². The Morgan fingerprint density at radius 1 is 0.654 bits per heavy atom. The van der Waals surface area contributed by atoms with Gasteiger partial charge in [0, 0.05) is 12.8 Å². The Kier molecular flexibility index (Phi) is 12.6. The molecule has 0 aromatic rings. The largest absolute Gasteiger partial charge is 0.459 e. The Morgan fingerprint density at radius 2 is 1.00 bits per heavy atom. The fraction of sp³-hybridized carbons (Fsp3) is 0.909. The molecule has 0 aliphatic rings. The van der Waals surface area contributed by atoms with Crippen LogP contribution < -0.4 is 0 Å². The summed E-state index contributed by atoms with van der Waals surface area (Å²) in [6.07, 6.45) is 9.89. The minimum absolute atomic E-state index is 0.153. The molecule has 0 spiro atoms. The van der Waals surface area contributed by atoms with Crippen LogP contribution in [0.3, 0.4) is 0 Å². The molecule has 0 aromatic heterocycles. The van der Waals surface area contributed by atoms with E-state index < -0.39 is 0 Å². The van der Waals surface area contributed by atoms with Crippen molar-refractivity contribution in [2.75, 3.05) is 0 Å². The fourth-order valence-corrected chi connectivity index (χ4v) is 2.89. The van der Waals surface area contributed by atoms with Crippen LogP contribution in [0.5, 0.6) is 0 Å². The van der Waals surface area contributed by atoms with Crippen LogP contribution in [0.2, 0.25) is 0 Å². The summed E-state index contributed by atoms with van der Waals surface area (Å²) in [5.74, 6) is -0.305. The van der Waals surface area contributed by atoms with Gasteiger partial charge in [0.05, 0.1) is 0 Å². The first-order valence-corrected chi connectivity index (χ1v) is 10.7. The predicted molar refractivity (Wildman–Crippen MR) is 107 cm³/mol. The van der Waals surface area contributed by atoms with Gasteiger partial charge in [-0.05, 0) is 65.2 Å². The summed E-state index contributed by atoms with van der Waals surface area (Å²) in [5, 5.41) is 0. The molecule has 4 nitrogen and oxygen atoms in total. The monoisotopic (exact) mass is 370 g/mol. The third kappa shape index (κ3) is 10.8. The molecule has 0 rings (SSSR count). The summed E-state index contributed by atoms with van der Waals surface area (Å²) in [5.41, 5.74) is -0.706. The van der Waals surface area contributed by atoms with Crippen LogP contribution in [0.15, 0.2) is 0 Å². The Balaban J connectivity index is 4.13. The van der Waals surface area contributed by atoms with Gasteiger partial charge in [-0.1, -0.05) is 40.5 Å². The van der Waals surface area contributed by atoms with Crippen LogP contribution in [0.4, 0.5) is 0 Å². The van der Waals surface area contributed by atoms with Gasteiger partial charge in [0.15, 0.2) is 0 Å². The van der Waals surface area contributed by atoms with E-state index in [9.17, 15) is 9.59 Å². The molecule has 0 fully saturated rings. The lowest BCUT2D eigenvalue weighted by Gasteiger charge is -2.29. The molecule has 4 heteroatoms. The lowest BCUT2D eigenvalue weighted by Crippen LogP contribution is -2.31. The Labute approximate surface area is 161 Å². The molecular formula is C22H42O4. The summed E-state index contributed by atoms with van der Waals surface area (Å²) in [6.45, 7) is 12.4. The van der Waals surface area contributed by atoms with E-state index in [4.69, 9.17) is 9.47 Å². The Bertz CT molecular complexity index is 369. The molecule has 26 heavy (non-hydrogen) atoms. The highest BCUT2D eigenvalue weighted by atomic mass is 16.6. The quantitative estimate of drug-likeness (QED) is 0.249. The molecule has 0 N–H and O–H groups in total. The molecule has 0 heterocycles. The normalized spacial score (nSPS) is 15.8. The first-order chi connectivity index (χ1) is 12.2. The molecule has 154 valence electrons. The second-order valence-electron chi connectivity index (χ2n) is 7.97. The number of hydrogen-bond acceptors (Lipinski definition) is 4. The van der Waals surface area contributed by atoms with Gasteiger partial charge in [-0.25, -0.2) is 0 Å². The maximum atomic E-state index is 12.1. The van der Waals surface area contributed by atoms with Crippen LogP contribution in [-0.4, -0.2) is 23.1 Å². The molecule has 0 saturated carbocycles. The third-order valence-corrected chi connectivity index (χ3v) is 5.35. The van der Waals surface area contributed by atoms with Gasteiger partial charge in [-0.2, -0.15) is 0 Å². The van der Waals surface area contributed by atoms with E-state index in [-0.39, 0.29) is 23.1 Å². The average molecular weight is 371 g/mol. The minimum Gasteiger partial charge on any atom is -0.459 e. The maximum absolute atomic E-state index is 12.1. The summed E-state index contributed by atoms with van der Waals surface area (Å²) in [4.78, 5) is 24.2. The topological polar surface area (TPSA) is 52.6 Å². The molecule has 0 bridgehead atoms. The molecular weight excluding hydrogens is 328 g/mol. The molecule has 2 unspecified atom stereocenters. The van der Waals surface area contributed by atoms with Crippen LogP contribution >= 0.6 is 0 Å². The zero-order chi connectivity index (χ0) is 20.1. The summed E-state index contributed by atoms with van der Waals surface area (Å²) in [7, 11) is 0. The summed E-state index contributed by atoms with van der Waals surface area (Å²) >= 11 is 0. The van der Waals surface area contributed by atoms with Gasteiger partial charge < -0.3 is 9.47 Å². The van der Waals surface area contributed by atoms with Gasteiger partial charge in [0.2, 0.25) is 0 Å². The fourth-order valence-electron chi connectivity index (χ4n) is 2.89. The number of carbonyl (C=O) groups excluding carboxylic acids is 2. The number of hydrogen-bond donors (Lipinski definition) is 0. The van der Waals surface area contributed by atoms with Crippen molar-refractivity contribution >= 4 is 11.9 Å². The maximum Gasteiger partial charge on any atom is 0.306 e. The number of ether oxygens (including phenoxy) is 2. The first-order valence-electron chi connectivity index (χ1n) is 10.7. The van der Waals surface area contributed by atoms with E-state index in [1.165, 1.54) is 0 Å². The number of esters is 2. The van der Waals surface area contributed by atoms with Gasteiger partial charge in [0.1, 0.15) is 11.2 Å². The second kappa shape index (κ2) is 13.2. The first kappa shape index (κ1) is 24.9. The number of unbranched alkanes of at least 4 members (excludes halogenated alkanes) is 3. The van der Waals surface area contributed by atoms with Crippen molar-refractivity contribution in [2.45, 2.75) is 130 Å². The van der Waals surface area contributed by atoms with E-state index in [0.717, 1.165) is 51.4 Å². The van der Waals surface area contributed by atoms with Gasteiger partial charge in [-0.15, -0.1) is 0 Å². The van der Waals surface area contributed by atoms with E-state index in [2.05, 4.69) is 27.7 Å². The van der Waals surface area contributed by atoms with Gasteiger partial charge in [0.25, 0.3) is 0 Å². The average Bonchev–Trinajstić information content (AvgIpc) is 2.62. The van der Waals surface area contributed by atoms with Crippen LogP contribution in [0.1, 0.15) is 119 Å². The van der Waals surface area contributed by atoms with Crippen LogP contribution in [0, 0.1) is 0 Å². The number of rotatable bonds is 15. The lowest BCUT2D eigenvalue weighted by atomic mass is 9.95. The lowest BCUT2D eigenvalue weighted by molar-refractivity contribution is -0.161. The zero-order valence-corrected chi connectivity index (χ0v) is 18.1. The van der Waals surface area contributed by atoms with Crippen molar-refractivity contribution in [3.05, 3.63) is 0 Å². The van der Waals surface area contributed by atoms with Crippen molar-refractivity contribution in [3.8, 4) is 0 Å². The zero-order valence-electron chi connectivity index (χ0n) is 18.1. The van der Waals surface area contributed by atoms with Crippen molar-refractivity contribution in [2.24, 2.45) is 0 Å². The highest BCUT2D eigenvalue weighted by molar-refractivity contribution is 5.71. The molecule has 0 aliphatic heterocycles. The third-order valence-electron chi connectivity index (χ3n) is 5.35. The van der Waals surface area contributed by atoms with E-state index in [1.54, 1.807) is 0 Å². The minimum atomic E-state index is -0.353. The Hall–Kier alpha value is -1.06. The van der Waals surface area contributed by atoms with Crippen molar-refractivity contribution in [1.29, 1.82) is 0 Å². The SMILES string of the molecule is CCCCC(C)(CC)OC(=O)CCCCC(=O)OC(C)(CC)CCCC. The van der Waals surface area contributed by atoms with E-state index in [0.29, 0.717) is 25.7 Å². The second-order valence-corrected chi connectivity index (χ2v) is 7.97. The highest BCUT2D eigenvalue weighted by Gasteiger charge is 2.27. The van der Waals surface area contributed by atoms with E-state index >= 15 is 0 Å². The molecule has 0 saturated heterocycles. The van der Waals surface area contributed by atoms with Gasteiger partial charge >= 0.3 is 11.9 Å². The van der Waals surface area contributed by atoms with Crippen molar-refractivity contribution in [3.63, 3.8) is 0 Å². The molecule has 0 aromatic carbocycles. The molecule has 0 aliphatic carbocycles. The predicted octanol–water partition coefficient (Wildman–Crippen LogP) is 6.35. The molecule has 2 atom stereocenters. The molecule has 0 radical (unpaired) electrons.